The number of nitrogens with one attached hydrogen (secondary N) is 1. The molecule has 6 nitrogen and oxygen atoms in total. The number of amides is 2. The Labute approximate surface area is 166 Å². The standard InChI is InChI=1S/C22H27N3O3/c1-24(2)21(26)16-28-20-11-7-6-10-19(20)22(27)23-14-17-12-13-25(15-17)18-8-4-3-5-9-18/h3-11,17H,12-16H2,1-2H3,(H,23,27). The highest BCUT2D eigenvalue weighted by molar-refractivity contribution is 5.97. The fourth-order valence-electron chi connectivity index (χ4n) is 3.25. The number of hydrogen-bond donors (Lipinski definition) is 1. The molecule has 1 unspecified atom stereocenters. The Kier molecular flexibility index (Phi) is 6.53. The van der Waals surface area contributed by atoms with Crippen LogP contribution >= 0.6 is 0 Å². The summed E-state index contributed by atoms with van der Waals surface area (Å²) in [5.74, 6) is 0.508. The summed E-state index contributed by atoms with van der Waals surface area (Å²) in [7, 11) is 3.34. The highest BCUT2D eigenvalue weighted by Crippen LogP contribution is 2.23. The predicted molar refractivity (Wildman–Crippen MR) is 110 cm³/mol. The van der Waals surface area contributed by atoms with E-state index in [0.29, 0.717) is 23.8 Å². The number of hydrogen-bond acceptors (Lipinski definition) is 4. The third-order valence-corrected chi connectivity index (χ3v) is 4.94. The maximum Gasteiger partial charge on any atom is 0.259 e. The van der Waals surface area contributed by atoms with Crippen LogP contribution in [0.2, 0.25) is 0 Å². The van der Waals surface area contributed by atoms with Crippen LogP contribution in [0.5, 0.6) is 5.75 Å². The van der Waals surface area contributed by atoms with Gasteiger partial charge in [0, 0.05) is 39.4 Å². The van der Waals surface area contributed by atoms with E-state index in [1.165, 1.54) is 10.6 Å². The van der Waals surface area contributed by atoms with Crippen molar-refractivity contribution in [2.75, 3.05) is 45.2 Å². The highest BCUT2D eigenvalue weighted by atomic mass is 16.5. The monoisotopic (exact) mass is 381 g/mol. The van der Waals surface area contributed by atoms with Crippen LogP contribution in [0.4, 0.5) is 5.69 Å². The molecular weight excluding hydrogens is 354 g/mol. The number of likely N-dealkylation sites (N-methyl/N-ethyl adjacent to an activating group) is 1. The minimum atomic E-state index is -0.175. The van der Waals surface area contributed by atoms with Gasteiger partial charge in [-0.2, -0.15) is 0 Å². The molecule has 0 spiro atoms. The van der Waals surface area contributed by atoms with E-state index in [1.807, 2.05) is 18.2 Å². The summed E-state index contributed by atoms with van der Waals surface area (Å²) in [5, 5.41) is 3.02. The van der Waals surface area contributed by atoms with Crippen molar-refractivity contribution in [3.05, 3.63) is 60.2 Å². The first-order valence-corrected chi connectivity index (χ1v) is 9.55. The van der Waals surface area contributed by atoms with Gasteiger partial charge in [-0.3, -0.25) is 9.59 Å². The zero-order valence-electron chi connectivity index (χ0n) is 16.4. The Morgan fingerprint density at radius 2 is 1.82 bits per heavy atom. The average molecular weight is 381 g/mol. The molecule has 0 saturated carbocycles. The summed E-state index contributed by atoms with van der Waals surface area (Å²) in [6, 6.07) is 17.4. The lowest BCUT2D eigenvalue weighted by molar-refractivity contribution is -0.130. The topological polar surface area (TPSA) is 61.9 Å². The largest absolute Gasteiger partial charge is 0.483 e. The molecule has 2 aromatic carbocycles. The fourth-order valence-corrected chi connectivity index (χ4v) is 3.25. The lowest BCUT2D eigenvalue weighted by Crippen LogP contribution is -2.32. The molecular formula is C22H27N3O3. The summed E-state index contributed by atoms with van der Waals surface area (Å²) in [5.41, 5.74) is 1.67. The maximum atomic E-state index is 12.7. The number of anilines is 1. The van der Waals surface area contributed by atoms with Crippen molar-refractivity contribution in [1.82, 2.24) is 10.2 Å². The van der Waals surface area contributed by atoms with Gasteiger partial charge in [-0.1, -0.05) is 30.3 Å². The molecule has 1 atom stereocenters. The first-order valence-electron chi connectivity index (χ1n) is 9.55. The van der Waals surface area contributed by atoms with E-state index >= 15 is 0 Å². The van der Waals surface area contributed by atoms with E-state index < -0.39 is 0 Å². The van der Waals surface area contributed by atoms with Crippen LogP contribution in [0.25, 0.3) is 0 Å². The van der Waals surface area contributed by atoms with Crippen molar-refractivity contribution in [2.24, 2.45) is 5.92 Å². The number of rotatable bonds is 7. The molecule has 1 aliphatic heterocycles. The second-order valence-corrected chi connectivity index (χ2v) is 7.22. The van der Waals surface area contributed by atoms with Gasteiger partial charge in [-0.05, 0) is 36.6 Å². The van der Waals surface area contributed by atoms with Crippen LogP contribution in [0, 0.1) is 5.92 Å². The van der Waals surface area contributed by atoms with Crippen molar-refractivity contribution in [1.29, 1.82) is 0 Å². The highest BCUT2D eigenvalue weighted by Gasteiger charge is 2.23. The first-order chi connectivity index (χ1) is 13.5. The summed E-state index contributed by atoms with van der Waals surface area (Å²) < 4.78 is 5.57. The van der Waals surface area contributed by atoms with Crippen molar-refractivity contribution in [3.8, 4) is 5.75 Å². The van der Waals surface area contributed by atoms with E-state index in [-0.39, 0.29) is 18.4 Å². The average Bonchev–Trinajstić information content (AvgIpc) is 3.20. The molecule has 3 rings (SSSR count). The number of carbonyl (C=O) groups excluding carboxylic acids is 2. The molecule has 1 N–H and O–H groups in total. The summed E-state index contributed by atoms with van der Waals surface area (Å²) in [6.45, 7) is 2.45. The summed E-state index contributed by atoms with van der Waals surface area (Å²) in [4.78, 5) is 28.2. The summed E-state index contributed by atoms with van der Waals surface area (Å²) in [6.07, 6.45) is 1.05. The normalized spacial score (nSPS) is 15.9. The third kappa shape index (κ3) is 5.03. The lowest BCUT2D eigenvalue weighted by Gasteiger charge is -2.19. The van der Waals surface area contributed by atoms with Gasteiger partial charge in [0.2, 0.25) is 0 Å². The van der Waals surface area contributed by atoms with Crippen LogP contribution in [0.3, 0.4) is 0 Å². The van der Waals surface area contributed by atoms with Crippen LogP contribution < -0.4 is 15.0 Å². The van der Waals surface area contributed by atoms with Gasteiger partial charge in [-0.25, -0.2) is 0 Å². The molecule has 0 bridgehead atoms. The molecule has 1 saturated heterocycles. The van der Waals surface area contributed by atoms with Gasteiger partial charge in [0.1, 0.15) is 5.75 Å². The van der Waals surface area contributed by atoms with Gasteiger partial charge in [-0.15, -0.1) is 0 Å². The molecule has 0 radical (unpaired) electrons. The van der Waals surface area contributed by atoms with Gasteiger partial charge in [0.05, 0.1) is 5.56 Å². The molecule has 2 aromatic rings. The molecule has 1 aliphatic rings. The van der Waals surface area contributed by atoms with Crippen LogP contribution in [0.1, 0.15) is 16.8 Å². The number of para-hydroxylation sites is 2. The summed E-state index contributed by atoms with van der Waals surface area (Å²) >= 11 is 0. The Morgan fingerprint density at radius 3 is 2.57 bits per heavy atom. The van der Waals surface area contributed by atoms with Crippen LogP contribution in [-0.4, -0.2) is 57.1 Å². The van der Waals surface area contributed by atoms with Crippen molar-refractivity contribution in [2.45, 2.75) is 6.42 Å². The number of nitrogens with zero attached hydrogens (tertiary/aromatic N) is 2. The SMILES string of the molecule is CN(C)C(=O)COc1ccccc1C(=O)NCC1CCN(c2ccccc2)C1. The zero-order valence-corrected chi connectivity index (χ0v) is 16.4. The van der Waals surface area contributed by atoms with Crippen molar-refractivity contribution < 1.29 is 14.3 Å². The van der Waals surface area contributed by atoms with E-state index in [4.69, 9.17) is 4.74 Å². The van der Waals surface area contributed by atoms with Gasteiger partial charge >= 0.3 is 0 Å². The quantitative estimate of drug-likeness (QED) is 0.800. The van der Waals surface area contributed by atoms with Gasteiger partial charge in [0.25, 0.3) is 11.8 Å². The number of ether oxygens (including phenoxy) is 1. The molecule has 1 fully saturated rings. The molecule has 2 amide bonds. The molecule has 0 aliphatic carbocycles. The molecule has 148 valence electrons. The van der Waals surface area contributed by atoms with Crippen molar-refractivity contribution >= 4 is 17.5 Å². The van der Waals surface area contributed by atoms with E-state index in [2.05, 4.69) is 22.3 Å². The Hall–Kier alpha value is -3.02. The molecule has 6 heteroatoms. The Balaban J connectivity index is 1.53. The number of carbonyl (C=O) groups is 2. The van der Waals surface area contributed by atoms with Gasteiger partial charge in [0.15, 0.2) is 6.61 Å². The zero-order chi connectivity index (χ0) is 19.9. The minimum Gasteiger partial charge on any atom is -0.483 e. The van der Waals surface area contributed by atoms with Gasteiger partial charge < -0.3 is 19.9 Å². The third-order valence-electron chi connectivity index (χ3n) is 4.94. The molecule has 28 heavy (non-hydrogen) atoms. The van der Waals surface area contributed by atoms with E-state index in [0.717, 1.165) is 19.5 Å². The second-order valence-electron chi connectivity index (χ2n) is 7.22. The molecule has 1 heterocycles. The fraction of sp³-hybridized carbons (Fsp3) is 0.364. The maximum absolute atomic E-state index is 12.7. The van der Waals surface area contributed by atoms with E-state index in [9.17, 15) is 9.59 Å². The Morgan fingerprint density at radius 1 is 1.11 bits per heavy atom. The van der Waals surface area contributed by atoms with E-state index in [1.54, 1.807) is 38.4 Å². The van der Waals surface area contributed by atoms with Crippen molar-refractivity contribution in [3.63, 3.8) is 0 Å². The minimum absolute atomic E-state index is 0.0913. The first kappa shape index (κ1) is 19.7. The lowest BCUT2D eigenvalue weighted by atomic mass is 10.1. The van der Waals surface area contributed by atoms with Crippen LogP contribution in [0.15, 0.2) is 54.6 Å². The second kappa shape index (κ2) is 9.26. The Bertz CT molecular complexity index is 808. The smallest absolute Gasteiger partial charge is 0.259 e. The predicted octanol–water partition coefficient (Wildman–Crippen LogP) is 2.41. The number of benzene rings is 2. The van der Waals surface area contributed by atoms with Crippen LogP contribution in [-0.2, 0) is 4.79 Å². The molecule has 0 aromatic heterocycles.